The molecule has 9 heteroatoms. The molecule has 1 rings (SSSR count). The fraction of sp³-hybridized carbons (Fsp3) is 0.250. The Morgan fingerprint density at radius 1 is 1.47 bits per heavy atom. The summed E-state index contributed by atoms with van der Waals surface area (Å²) in [6.45, 7) is -1.49. The van der Waals surface area contributed by atoms with E-state index in [1.165, 1.54) is 0 Å². The van der Waals surface area contributed by atoms with Crippen LogP contribution in [-0.2, 0) is 6.67 Å². The van der Waals surface area contributed by atoms with Crippen molar-refractivity contribution in [2.24, 2.45) is 0 Å². The van der Waals surface area contributed by atoms with Crippen molar-refractivity contribution in [3.05, 3.63) is 23.1 Å². The number of alkyl halides is 4. The molecule has 0 radical (unpaired) electrons. The summed E-state index contributed by atoms with van der Waals surface area (Å²) >= 11 is 0. The molecule has 0 unspecified atom stereocenters. The van der Waals surface area contributed by atoms with Crippen LogP contribution in [-0.4, -0.2) is 22.4 Å². The Kier molecular flexibility index (Phi) is 3.49. The maximum absolute atomic E-state index is 12.9. The van der Waals surface area contributed by atoms with E-state index >= 15 is 0 Å². The largest absolute Gasteiger partial charge is 0.574 e. The molecule has 17 heavy (non-hydrogen) atoms. The molecule has 0 fully saturated rings. The molecule has 0 bridgehead atoms. The van der Waals surface area contributed by atoms with Gasteiger partial charge in [-0.3, -0.25) is 0 Å². The van der Waals surface area contributed by atoms with Gasteiger partial charge in [0.2, 0.25) is 5.88 Å². The quantitative estimate of drug-likeness (QED) is 0.844. The lowest BCUT2D eigenvalue weighted by Crippen LogP contribution is -2.20. The number of ether oxygens (including phenoxy) is 1. The fourth-order valence-electron chi connectivity index (χ4n) is 0.942. The number of halogens is 5. The number of rotatable bonds is 3. The fourth-order valence-corrected chi connectivity index (χ4v) is 0.942. The summed E-state index contributed by atoms with van der Waals surface area (Å²) in [6.07, 6.45) is -5.21. The van der Waals surface area contributed by atoms with Gasteiger partial charge in [0.05, 0.1) is 0 Å². The van der Waals surface area contributed by atoms with Crippen LogP contribution in [0.5, 0.6) is 5.88 Å². The van der Waals surface area contributed by atoms with Gasteiger partial charge in [0, 0.05) is 0 Å². The van der Waals surface area contributed by atoms with Crippen molar-refractivity contribution in [3.63, 3.8) is 0 Å². The van der Waals surface area contributed by atoms with E-state index < -0.39 is 42.0 Å². The maximum atomic E-state index is 12.9. The zero-order valence-electron chi connectivity index (χ0n) is 7.89. The van der Waals surface area contributed by atoms with Crippen LogP contribution in [0.3, 0.4) is 0 Å². The van der Waals surface area contributed by atoms with Gasteiger partial charge < -0.3 is 9.84 Å². The Morgan fingerprint density at radius 3 is 2.47 bits per heavy atom. The smallest absolute Gasteiger partial charge is 0.477 e. The number of carboxylic acid groups (broad SMARTS) is 1. The van der Waals surface area contributed by atoms with Crippen LogP contribution in [0.15, 0.2) is 6.07 Å². The predicted molar refractivity (Wildman–Crippen MR) is 42.6 cm³/mol. The van der Waals surface area contributed by atoms with Gasteiger partial charge in [-0.15, -0.1) is 13.2 Å². The lowest BCUT2D eigenvalue weighted by molar-refractivity contribution is -0.276. The van der Waals surface area contributed by atoms with E-state index in [2.05, 4.69) is 9.72 Å². The summed E-state index contributed by atoms with van der Waals surface area (Å²) in [5.41, 5.74) is -2.11. The average Bonchev–Trinajstić information content (AvgIpc) is 2.17. The number of aromatic carboxylic acids is 1. The van der Waals surface area contributed by atoms with Gasteiger partial charge in [-0.1, -0.05) is 0 Å². The van der Waals surface area contributed by atoms with Crippen LogP contribution in [0.25, 0.3) is 0 Å². The first kappa shape index (κ1) is 13.1. The molecule has 0 aliphatic rings. The Bertz CT molecular complexity index is 446. The third kappa shape index (κ3) is 3.26. The number of nitrogens with zero attached hydrogens (tertiary/aromatic N) is 1. The SMILES string of the molecule is O=C(O)c1cc(F)c(CF)nc1OC(F)(F)F. The topological polar surface area (TPSA) is 59.4 Å². The summed E-state index contributed by atoms with van der Waals surface area (Å²) in [5.74, 6) is -4.64. The molecule has 0 aliphatic heterocycles. The van der Waals surface area contributed by atoms with Crippen molar-refractivity contribution in [2.75, 3.05) is 0 Å². The van der Waals surface area contributed by atoms with Crippen molar-refractivity contribution in [2.45, 2.75) is 13.0 Å². The minimum Gasteiger partial charge on any atom is -0.477 e. The molecule has 0 saturated heterocycles. The number of carbonyl (C=O) groups is 1. The molecule has 1 heterocycles. The zero-order valence-corrected chi connectivity index (χ0v) is 7.89. The summed E-state index contributed by atoms with van der Waals surface area (Å²) in [6, 6.07) is 0.214. The monoisotopic (exact) mass is 257 g/mol. The highest BCUT2D eigenvalue weighted by Gasteiger charge is 2.34. The molecule has 0 aliphatic carbocycles. The minimum absolute atomic E-state index is 0.214. The molecule has 4 nitrogen and oxygen atoms in total. The Morgan fingerprint density at radius 2 is 2.06 bits per heavy atom. The molecule has 0 saturated carbocycles. The first-order valence-corrected chi connectivity index (χ1v) is 3.99. The number of pyridine rings is 1. The van der Waals surface area contributed by atoms with Crippen LogP contribution in [0.1, 0.15) is 16.1 Å². The highest BCUT2D eigenvalue weighted by molar-refractivity contribution is 5.90. The van der Waals surface area contributed by atoms with E-state index in [1.807, 2.05) is 0 Å². The average molecular weight is 257 g/mol. The summed E-state index contributed by atoms with van der Waals surface area (Å²) in [5, 5.41) is 8.50. The Balaban J connectivity index is 3.29. The highest BCUT2D eigenvalue weighted by Crippen LogP contribution is 2.26. The molecule has 0 atom stereocenters. The zero-order chi connectivity index (χ0) is 13.2. The molecular formula is C8H4F5NO3. The molecule has 94 valence electrons. The van der Waals surface area contributed by atoms with Gasteiger partial charge in [0.25, 0.3) is 0 Å². The maximum Gasteiger partial charge on any atom is 0.574 e. The van der Waals surface area contributed by atoms with Gasteiger partial charge in [-0.25, -0.2) is 18.6 Å². The minimum atomic E-state index is -5.21. The van der Waals surface area contributed by atoms with Gasteiger partial charge >= 0.3 is 12.3 Å². The molecule has 0 amide bonds. The van der Waals surface area contributed by atoms with Gasteiger partial charge in [0.15, 0.2) is 0 Å². The summed E-state index contributed by atoms with van der Waals surface area (Å²) in [7, 11) is 0. The van der Waals surface area contributed by atoms with E-state index in [9.17, 15) is 26.7 Å². The summed E-state index contributed by atoms with van der Waals surface area (Å²) < 4.78 is 64.0. The van der Waals surface area contributed by atoms with Crippen molar-refractivity contribution in [3.8, 4) is 5.88 Å². The summed E-state index contributed by atoms with van der Waals surface area (Å²) in [4.78, 5) is 13.3. The Hall–Kier alpha value is -1.93. The number of carboxylic acids is 1. The molecule has 1 aromatic heterocycles. The predicted octanol–water partition coefficient (Wildman–Crippen LogP) is 2.29. The van der Waals surface area contributed by atoms with E-state index in [1.54, 1.807) is 0 Å². The van der Waals surface area contributed by atoms with Crippen LogP contribution in [0.4, 0.5) is 22.0 Å². The first-order valence-electron chi connectivity index (χ1n) is 3.99. The highest BCUT2D eigenvalue weighted by atomic mass is 19.4. The molecule has 0 spiro atoms. The van der Waals surface area contributed by atoms with Crippen LogP contribution >= 0.6 is 0 Å². The molecule has 1 aromatic rings. The normalized spacial score (nSPS) is 11.4. The second kappa shape index (κ2) is 4.52. The van der Waals surface area contributed by atoms with Gasteiger partial charge in [-0.05, 0) is 6.07 Å². The second-order valence-corrected chi connectivity index (χ2v) is 2.76. The van der Waals surface area contributed by atoms with Crippen LogP contribution in [0.2, 0.25) is 0 Å². The third-order valence-electron chi connectivity index (χ3n) is 1.58. The lowest BCUT2D eigenvalue weighted by Gasteiger charge is -2.11. The molecule has 1 N–H and O–H groups in total. The van der Waals surface area contributed by atoms with Gasteiger partial charge in [-0.2, -0.15) is 0 Å². The number of hydrogen-bond donors (Lipinski definition) is 1. The molecular weight excluding hydrogens is 253 g/mol. The van der Waals surface area contributed by atoms with E-state index in [0.717, 1.165) is 0 Å². The third-order valence-corrected chi connectivity index (χ3v) is 1.58. The van der Waals surface area contributed by atoms with E-state index in [0.29, 0.717) is 0 Å². The number of aromatic nitrogens is 1. The Labute approximate surface area is 90.6 Å². The first-order chi connectivity index (χ1) is 7.74. The van der Waals surface area contributed by atoms with Crippen molar-refractivity contribution < 1.29 is 36.6 Å². The standard InChI is InChI=1S/C8H4F5NO3/c9-2-5-4(10)1-3(7(15)16)6(14-5)17-8(11,12)13/h1H,2H2,(H,15,16). The van der Waals surface area contributed by atoms with Gasteiger partial charge in [0.1, 0.15) is 23.7 Å². The van der Waals surface area contributed by atoms with E-state index in [4.69, 9.17) is 5.11 Å². The van der Waals surface area contributed by atoms with E-state index in [-0.39, 0.29) is 6.07 Å². The van der Waals surface area contributed by atoms with Crippen molar-refractivity contribution in [1.29, 1.82) is 0 Å². The van der Waals surface area contributed by atoms with Crippen molar-refractivity contribution in [1.82, 2.24) is 4.98 Å². The molecule has 0 aromatic carbocycles. The van der Waals surface area contributed by atoms with Crippen molar-refractivity contribution >= 4 is 5.97 Å². The number of hydrogen-bond acceptors (Lipinski definition) is 3. The van der Waals surface area contributed by atoms with Crippen LogP contribution in [0, 0.1) is 5.82 Å². The van der Waals surface area contributed by atoms with Crippen LogP contribution < -0.4 is 4.74 Å². The second-order valence-electron chi connectivity index (χ2n) is 2.76. The lowest BCUT2D eigenvalue weighted by atomic mass is 10.2.